The van der Waals surface area contributed by atoms with Crippen molar-refractivity contribution in [2.24, 2.45) is 0 Å². The van der Waals surface area contributed by atoms with Crippen LogP contribution in [0, 0.1) is 17.1 Å². The molecule has 1 aliphatic rings. The van der Waals surface area contributed by atoms with Crippen LogP contribution in [0.4, 0.5) is 4.39 Å². The Kier molecular flexibility index (Phi) is 3.95. The first kappa shape index (κ1) is 15.4. The van der Waals surface area contributed by atoms with Crippen LogP contribution in [0.3, 0.4) is 0 Å². The SMILES string of the molecule is N#Cc1cc(F)ccc1S(=O)(=O)NC1(C(=O)O)CCOC1. The van der Waals surface area contributed by atoms with Crippen LogP contribution >= 0.6 is 0 Å². The molecular formula is C12H11FN2O5S. The summed E-state index contributed by atoms with van der Waals surface area (Å²) >= 11 is 0. The molecule has 21 heavy (non-hydrogen) atoms. The molecule has 1 aromatic rings. The van der Waals surface area contributed by atoms with Crippen molar-refractivity contribution < 1.29 is 27.4 Å². The van der Waals surface area contributed by atoms with E-state index in [0.29, 0.717) is 0 Å². The summed E-state index contributed by atoms with van der Waals surface area (Å²) in [6, 6.07) is 4.14. The largest absolute Gasteiger partial charge is 0.480 e. The number of carboxylic acids is 1. The summed E-state index contributed by atoms with van der Waals surface area (Å²) in [5, 5.41) is 18.1. The molecule has 0 spiro atoms. The van der Waals surface area contributed by atoms with Crippen molar-refractivity contribution in [1.82, 2.24) is 4.72 Å². The van der Waals surface area contributed by atoms with Gasteiger partial charge in [-0.3, -0.25) is 4.79 Å². The highest BCUT2D eigenvalue weighted by molar-refractivity contribution is 7.89. The summed E-state index contributed by atoms with van der Waals surface area (Å²) in [7, 11) is -4.31. The van der Waals surface area contributed by atoms with Crippen molar-refractivity contribution in [2.45, 2.75) is 16.9 Å². The van der Waals surface area contributed by atoms with Gasteiger partial charge in [-0.15, -0.1) is 0 Å². The molecule has 1 heterocycles. The van der Waals surface area contributed by atoms with Crippen LogP contribution in [0.1, 0.15) is 12.0 Å². The molecule has 1 aromatic carbocycles. The molecule has 1 unspecified atom stereocenters. The molecular weight excluding hydrogens is 303 g/mol. The molecule has 112 valence electrons. The zero-order valence-corrected chi connectivity index (χ0v) is 11.5. The first-order valence-corrected chi connectivity index (χ1v) is 7.34. The standard InChI is InChI=1S/C12H11FN2O5S/c13-9-1-2-10(8(5-9)6-14)21(18,19)15-12(11(16)17)3-4-20-7-12/h1-2,5,15H,3-4,7H2,(H,16,17). The van der Waals surface area contributed by atoms with E-state index >= 15 is 0 Å². The smallest absolute Gasteiger partial charge is 0.327 e. The van der Waals surface area contributed by atoms with Crippen LogP contribution in [0.5, 0.6) is 0 Å². The van der Waals surface area contributed by atoms with Crippen molar-refractivity contribution in [2.75, 3.05) is 13.2 Å². The van der Waals surface area contributed by atoms with Gasteiger partial charge in [0, 0.05) is 13.0 Å². The maximum absolute atomic E-state index is 13.1. The Morgan fingerprint density at radius 3 is 2.76 bits per heavy atom. The van der Waals surface area contributed by atoms with Crippen molar-refractivity contribution in [1.29, 1.82) is 5.26 Å². The van der Waals surface area contributed by atoms with Crippen LogP contribution in [0.25, 0.3) is 0 Å². The van der Waals surface area contributed by atoms with E-state index in [1.165, 1.54) is 0 Å². The molecule has 2 rings (SSSR count). The molecule has 0 bridgehead atoms. The highest BCUT2D eigenvalue weighted by Gasteiger charge is 2.46. The summed E-state index contributed by atoms with van der Waals surface area (Å²) in [6.45, 7) is -0.214. The number of halogens is 1. The van der Waals surface area contributed by atoms with E-state index in [-0.39, 0.29) is 19.6 Å². The Morgan fingerprint density at radius 1 is 1.52 bits per heavy atom. The van der Waals surface area contributed by atoms with Gasteiger partial charge >= 0.3 is 5.97 Å². The molecule has 7 nitrogen and oxygen atoms in total. The molecule has 1 saturated heterocycles. The third-order valence-corrected chi connectivity index (χ3v) is 4.71. The molecule has 0 saturated carbocycles. The minimum atomic E-state index is -4.31. The number of nitrogens with one attached hydrogen (secondary N) is 1. The minimum absolute atomic E-state index is 0.0371. The number of sulfonamides is 1. The normalized spacial score (nSPS) is 21.9. The number of nitrogens with zero attached hydrogens (tertiary/aromatic N) is 1. The fraction of sp³-hybridized carbons (Fsp3) is 0.333. The molecule has 0 amide bonds. The van der Waals surface area contributed by atoms with Gasteiger partial charge in [-0.1, -0.05) is 0 Å². The summed E-state index contributed by atoms with van der Waals surface area (Å²) in [5.41, 5.74) is -2.18. The molecule has 0 radical (unpaired) electrons. The Balaban J connectivity index is 2.44. The average Bonchev–Trinajstić information content (AvgIpc) is 2.87. The monoisotopic (exact) mass is 314 g/mol. The number of nitriles is 1. The lowest BCUT2D eigenvalue weighted by atomic mass is 10.0. The number of rotatable bonds is 4. The van der Waals surface area contributed by atoms with E-state index in [9.17, 15) is 22.7 Å². The molecule has 0 aliphatic carbocycles. The predicted molar refractivity (Wildman–Crippen MR) is 67.2 cm³/mol. The lowest BCUT2D eigenvalue weighted by Crippen LogP contribution is -2.55. The highest BCUT2D eigenvalue weighted by atomic mass is 32.2. The second-order valence-corrected chi connectivity index (χ2v) is 6.20. The maximum Gasteiger partial charge on any atom is 0.327 e. The third-order valence-electron chi connectivity index (χ3n) is 3.11. The number of aliphatic carboxylic acids is 1. The third kappa shape index (κ3) is 2.87. The second-order valence-electron chi connectivity index (χ2n) is 4.55. The van der Waals surface area contributed by atoms with Gasteiger partial charge in [0.25, 0.3) is 0 Å². The van der Waals surface area contributed by atoms with E-state index in [4.69, 9.17) is 10.00 Å². The zero-order chi connectivity index (χ0) is 15.7. The van der Waals surface area contributed by atoms with Gasteiger partial charge in [-0.25, -0.2) is 12.8 Å². The first-order valence-electron chi connectivity index (χ1n) is 5.85. The Bertz CT molecular complexity index is 720. The second kappa shape index (κ2) is 5.40. The van der Waals surface area contributed by atoms with Crippen LogP contribution < -0.4 is 4.72 Å². The summed E-state index contributed by atoms with van der Waals surface area (Å²) in [5.74, 6) is -2.13. The van der Waals surface area contributed by atoms with Crippen molar-refractivity contribution >= 4 is 16.0 Å². The predicted octanol–water partition coefficient (Wildman–Crippen LogP) is 0.219. The molecule has 9 heteroatoms. The maximum atomic E-state index is 13.1. The number of ether oxygens (including phenoxy) is 1. The van der Waals surface area contributed by atoms with Crippen LogP contribution in [-0.4, -0.2) is 38.2 Å². The quantitative estimate of drug-likeness (QED) is 0.821. The average molecular weight is 314 g/mol. The van der Waals surface area contributed by atoms with Gasteiger partial charge in [0.1, 0.15) is 11.9 Å². The first-order chi connectivity index (χ1) is 9.81. The van der Waals surface area contributed by atoms with Gasteiger partial charge in [-0.05, 0) is 18.2 Å². The highest BCUT2D eigenvalue weighted by Crippen LogP contribution is 2.24. The van der Waals surface area contributed by atoms with Gasteiger partial charge in [0.15, 0.2) is 5.54 Å². The van der Waals surface area contributed by atoms with E-state index in [0.717, 1.165) is 18.2 Å². The fourth-order valence-corrected chi connectivity index (χ4v) is 3.51. The number of carboxylic acid groups (broad SMARTS) is 1. The van der Waals surface area contributed by atoms with Crippen LogP contribution in [-0.2, 0) is 19.6 Å². The molecule has 1 fully saturated rings. The Hall–Kier alpha value is -2.02. The number of benzene rings is 1. The summed E-state index contributed by atoms with van der Waals surface area (Å²) in [6.07, 6.45) is -0.0371. The molecule has 1 atom stereocenters. The Labute approximate surface area is 120 Å². The van der Waals surface area contributed by atoms with E-state index in [1.807, 2.05) is 0 Å². The van der Waals surface area contributed by atoms with Crippen molar-refractivity contribution in [3.8, 4) is 6.07 Å². The number of hydrogen-bond donors (Lipinski definition) is 2. The van der Waals surface area contributed by atoms with Gasteiger partial charge < -0.3 is 9.84 Å². The van der Waals surface area contributed by atoms with E-state index < -0.39 is 37.8 Å². The van der Waals surface area contributed by atoms with Gasteiger partial charge in [0.2, 0.25) is 10.0 Å². The van der Waals surface area contributed by atoms with E-state index in [1.54, 1.807) is 6.07 Å². The molecule has 0 aromatic heterocycles. The Morgan fingerprint density at radius 2 is 2.24 bits per heavy atom. The number of hydrogen-bond acceptors (Lipinski definition) is 5. The van der Waals surface area contributed by atoms with Gasteiger partial charge in [-0.2, -0.15) is 9.98 Å². The number of carbonyl (C=O) groups is 1. The van der Waals surface area contributed by atoms with Gasteiger partial charge in [0.05, 0.1) is 17.1 Å². The topological polar surface area (TPSA) is 116 Å². The fourth-order valence-electron chi connectivity index (χ4n) is 1.99. The zero-order valence-electron chi connectivity index (χ0n) is 10.7. The van der Waals surface area contributed by atoms with Crippen LogP contribution in [0.15, 0.2) is 23.1 Å². The molecule has 2 N–H and O–H groups in total. The summed E-state index contributed by atoms with van der Waals surface area (Å²) in [4.78, 5) is 10.8. The van der Waals surface area contributed by atoms with Crippen LogP contribution in [0.2, 0.25) is 0 Å². The molecule has 1 aliphatic heterocycles. The summed E-state index contributed by atoms with van der Waals surface area (Å²) < 4.78 is 44.6. The van der Waals surface area contributed by atoms with Crippen molar-refractivity contribution in [3.63, 3.8) is 0 Å². The lowest BCUT2D eigenvalue weighted by Gasteiger charge is -2.23. The minimum Gasteiger partial charge on any atom is -0.480 e. The van der Waals surface area contributed by atoms with E-state index in [2.05, 4.69) is 4.72 Å². The lowest BCUT2D eigenvalue weighted by molar-refractivity contribution is -0.144. The van der Waals surface area contributed by atoms with Crippen molar-refractivity contribution in [3.05, 3.63) is 29.6 Å².